The van der Waals surface area contributed by atoms with Crippen molar-refractivity contribution in [3.8, 4) is 0 Å². The molecule has 12 heavy (non-hydrogen) atoms. The molecule has 3 nitrogen and oxygen atoms in total. The molecule has 0 bridgehead atoms. The van der Waals surface area contributed by atoms with Crippen LogP contribution in [0, 0.1) is 0 Å². The third kappa shape index (κ3) is 2.63. The van der Waals surface area contributed by atoms with Gasteiger partial charge in [-0.15, -0.1) is 0 Å². The number of carboxylic acid groups (broad SMARTS) is 1. The van der Waals surface area contributed by atoms with Gasteiger partial charge in [0, 0.05) is 10.7 Å². The van der Waals surface area contributed by atoms with Gasteiger partial charge in [-0.1, -0.05) is 11.6 Å². The predicted molar refractivity (Wildman–Crippen MR) is 42.8 cm³/mol. The number of carboxylic acids is 1. The second kappa shape index (κ2) is 4.66. The first-order valence-corrected chi connectivity index (χ1v) is 3.27. The maximum absolute atomic E-state index is 10.4. The van der Waals surface area contributed by atoms with E-state index in [2.05, 4.69) is 0 Å². The van der Waals surface area contributed by atoms with E-state index in [0.717, 1.165) is 0 Å². The zero-order valence-corrected chi connectivity index (χ0v) is 11.0. The molecule has 0 unspecified atom stereocenters. The molecule has 3 N–H and O–H groups in total. The molecule has 0 amide bonds. The molecule has 0 radical (unpaired) electrons. The molecule has 0 spiro atoms. The van der Waals surface area contributed by atoms with Crippen LogP contribution in [0.4, 0.5) is 5.69 Å². The number of nitrogens with two attached hydrogens (primary N) is 1. The molecule has 0 aliphatic heterocycles. The minimum atomic E-state index is -1.06. The SMILES string of the molecule is Nc1ccc(Cl)cc1C(=O)O.[Cd+2]. The average Bonchev–Trinajstić information content (AvgIpc) is 1.94. The summed E-state index contributed by atoms with van der Waals surface area (Å²) in [5.41, 5.74) is 5.61. The van der Waals surface area contributed by atoms with Crippen LogP contribution in [0.15, 0.2) is 18.2 Å². The van der Waals surface area contributed by atoms with E-state index in [9.17, 15) is 4.79 Å². The summed E-state index contributed by atoms with van der Waals surface area (Å²) in [5.74, 6) is -1.06. The number of rotatable bonds is 1. The van der Waals surface area contributed by atoms with E-state index in [4.69, 9.17) is 22.4 Å². The molecular formula is C7H6CdClNO2+2. The normalized spacial score (nSPS) is 8.75. The molecule has 0 aliphatic carbocycles. The molecule has 0 heterocycles. The van der Waals surface area contributed by atoms with Crippen LogP contribution in [0.3, 0.4) is 0 Å². The van der Waals surface area contributed by atoms with Crippen LogP contribution in [0.1, 0.15) is 10.4 Å². The Morgan fingerprint density at radius 1 is 1.50 bits per heavy atom. The summed E-state index contributed by atoms with van der Waals surface area (Å²) >= 11 is 5.54. The van der Waals surface area contributed by atoms with E-state index in [1.807, 2.05) is 0 Å². The Morgan fingerprint density at radius 3 is 2.50 bits per heavy atom. The van der Waals surface area contributed by atoms with Crippen LogP contribution < -0.4 is 5.73 Å². The van der Waals surface area contributed by atoms with Crippen LogP contribution >= 0.6 is 11.6 Å². The van der Waals surface area contributed by atoms with Crippen LogP contribution in [-0.4, -0.2) is 11.1 Å². The van der Waals surface area contributed by atoms with E-state index in [0.29, 0.717) is 5.02 Å². The Morgan fingerprint density at radius 2 is 2.08 bits per heavy atom. The van der Waals surface area contributed by atoms with Gasteiger partial charge in [0.15, 0.2) is 0 Å². The maximum Gasteiger partial charge on any atom is 2.00 e. The van der Waals surface area contributed by atoms with Gasteiger partial charge in [-0.05, 0) is 18.2 Å². The minimum absolute atomic E-state index is 0. The number of halogens is 1. The number of aromatic carboxylic acids is 1. The van der Waals surface area contributed by atoms with Gasteiger partial charge >= 0.3 is 33.3 Å². The van der Waals surface area contributed by atoms with E-state index in [1.54, 1.807) is 6.07 Å². The maximum atomic E-state index is 10.4. The largest absolute Gasteiger partial charge is 2.00 e. The van der Waals surface area contributed by atoms with Gasteiger partial charge in [0.2, 0.25) is 0 Å². The number of benzene rings is 1. The van der Waals surface area contributed by atoms with E-state index in [1.165, 1.54) is 12.1 Å². The van der Waals surface area contributed by atoms with E-state index in [-0.39, 0.29) is 38.5 Å². The van der Waals surface area contributed by atoms with Crippen LogP contribution in [-0.2, 0) is 27.3 Å². The topological polar surface area (TPSA) is 63.3 Å². The van der Waals surface area contributed by atoms with Crippen LogP contribution in [0.25, 0.3) is 0 Å². The molecule has 1 aromatic rings. The smallest absolute Gasteiger partial charge is 0.478 e. The summed E-state index contributed by atoms with van der Waals surface area (Å²) in [4.78, 5) is 10.4. The molecule has 58 valence electrons. The Labute approximate surface area is 94.7 Å². The molecule has 0 saturated carbocycles. The molecular weight excluding hydrogens is 278 g/mol. The zero-order chi connectivity index (χ0) is 8.43. The standard InChI is InChI=1S/C7H6ClNO2.Cd/c8-4-1-2-6(9)5(3-4)7(10)11;/h1-3H,9H2,(H,10,11);/q;+2. The number of nitrogen functional groups attached to an aromatic ring is 1. The summed E-state index contributed by atoms with van der Waals surface area (Å²) in [5, 5.41) is 8.92. The fourth-order valence-corrected chi connectivity index (χ4v) is 0.886. The van der Waals surface area contributed by atoms with Crippen molar-refractivity contribution in [2.45, 2.75) is 0 Å². The first-order chi connectivity index (χ1) is 5.11. The number of hydrogen-bond acceptors (Lipinski definition) is 2. The Hall–Kier alpha value is -0.298. The molecule has 0 aromatic heterocycles. The Balaban J connectivity index is 0.00000121. The van der Waals surface area contributed by atoms with Gasteiger partial charge in [-0.25, -0.2) is 4.79 Å². The average molecular weight is 284 g/mol. The van der Waals surface area contributed by atoms with Gasteiger partial charge in [-0.2, -0.15) is 0 Å². The van der Waals surface area contributed by atoms with Crippen molar-refractivity contribution in [2.75, 3.05) is 5.73 Å². The van der Waals surface area contributed by atoms with Crippen molar-refractivity contribution in [2.24, 2.45) is 0 Å². The van der Waals surface area contributed by atoms with Gasteiger partial charge in [0.25, 0.3) is 0 Å². The third-order valence-electron chi connectivity index (χ3n) is 1.25. The Kier molecular flexibility index (Phi) is 4.54. The monoisotopic (exact) mass is 285 g/mol. The van der Waals surface area contributed by atoms with Crippen LogP contribution in [0.5, 0.6) is 0 Å². The summed E-state index contributed by atoms with van der Waals surface area (Å²) in [6.07, 6.45) is 0. The zero-order valence-electron chi connectivity index (χ0n) is 6.25. The van der Waals surface area contributed by atoms with Gasteiger partial charge in [0.1, 0.15) is 0 Å². The van der Waals surface area contributed by atoms with Gasteiger partial charge < -0.3 is 10.8 Å². The van der Waals surface area contributed by atoms with Crippen molar-refractivity contribution < 1.29 is 37.2 Å². The number of carbonyl (C=O) groups is 1. The third-order valence-corrected chi connectivity index (χ3v) is 1.48. The summed E-state index contributed by atoms with van der Waals surface area (Å²) in [6, 6.07) is 4.33. The van der Waals surface area contributed by atoms with Gasteiger partial charge in [0.05, 0.1) is 5.56 Å². The second-order valence-electron chi connectivity index (χ2n) is 2.04. The molecule has 5 heteroatoms. The second-order valence-corrected chi connectivity index (χ2v) is 2.47. The quantitative estimate of drug-likeness (QED) is 0.608. The molecule has 1 aromatic carbocycles. The molecule has 1 rings (SSSR count). The first kappa shape index (κ1) is 11.7. The number of anilines is 1. The van der Waals surface area contributed by atoms with Crippen molar-refractivity contribution in [3.63, 3.8) is 0 Å². The van der Waals surface area contributed by atoms with Crippen molar-refractivity contribution in [1.82, 2.24) is 0 Å². The molecule has 0 atom stereocenters. The van der Waals surface area contributed by atoms with Crippen molar-refractivity contribution in [1.29, 1.82) is 0 Å². The van der Waals surface area contributed by atoms with Crippen molar-refractivity contribution >= 4 is 23.3 Å². The fourth-order valence-electron chi connectivity index (χ4n) is 0.714. The summed E-state index contributed by atoms with van der Waals surface area (Å²) < 4.78 is 0. The van der Waals surface area contributed by atoms with Crippen molar-refractivity contribution in [3.05, 3.63) is 28.8 Å². The Bertz CT molecular complexity index is 303. The molecule has 0 aliphatic rings. The van der Waals surface area contributed by atoms with Crippen LogP contribution in [0.2, 0.25) is 5.02 Å². The fraction of sp³-hybridized carbons (Fsp3) is 0. The predicted octanol–water partition coefficient (Wildman–Crippen LogP) is 1.62. The summed E-state index contributed by atoms with van der Waals surface area (Å²) in [6.45, 7) is 0. The minimum Gasteiger partial charge on any atom is -0.478 e. The van der Waals surface area contributed by atoms with E-state index >= 15 is 0 Å². The first-order valence-electron chi connectivity index (χ1n) is 2.89. The number of hydrogen-bond donors (Lipinski definition) is 2. The summed E-state index contributed by atoms with van der Waals surface area (Å²) in [7, 11) is 0. The van der Waals surface area contributed by atoms with Gasteiger partial charge in [-0.3, -0.25) is 0 Å². The molecule has 0 saturated heterocycles. The molecule has 0 fully saturated rings. The van der Waals surface area contributed by atoms with E-state index < -0.39 is 5.97 Å².